The summed E-state index contributed by atoms with van der Waals surface area (Å²) in [6.45, 7) is 8.19. The SMILES string of the molecule is CCSc1cccc2c1Nc1nc(=O)n(C(C)(C)CC)cc1O2. The summed E-state index contributed by atoms with van der Waals surface area (Å²) in [6.07, 6.45) is 2.58. The van der Waals surface area contributed by atoms with Crippen molar-refractivity contribution in [3.05, 3.63) is 34.9 Å². The second-order valence-corrected chi connectivity index (χ2v) is 7.37. The van der Waals surface area contributed by atoms with Gasteiger partial charge in [0.1, 0.15) is 0 Å². The fourth-order valence-corrected chi connectivity index (χ4v) is 3.22. The second-order valence-electron chi connectivity index (χ2n) is 6.06. The van der Waals surface area contributed by atoms with E-state index in [9.17, 15) is 4.79 Å². The number of ether oxygens (including phenoxy) is 1. The molecule has 1 N–H and O–H groups in total. The van der Waals surface area contributed by atoms with Crippen molar-refractivity contribution < 1.29 is 4.74 Å². The lowest BCUT2D eigenvalue weighted by Crippen LogP contribution is -2.37. The Hall–Kier alpha value is -1.95. The molecule has 3 rings (SSSR count). The van der Waals surface area contributed by atoms with E-state index in [2.05, 4.69) is 24.1 Å². The van der Waals surface area contributed by atoms with Crippen LogP contribution in [0.5, 0.6) is 11.5 Å². The quantitative estimate of drug-likeness (QED) is 0.720. The molecule has 0 unspecified atom stereocenters. The molecular formula is C17H21N3O2S. The molecule has 0 radical (unpaired) electrons. The molecule has 122 valence electrons. The van der Waals surface area contributed by atoms with Crippen molar-refractivity contribution in [2.75, 3.05) is 11.1 Å². The number of hydrogen-bond donors (Lipinski definition) is 1. The monoisotopic (exact) mass is 331 g/mol. The van der Waals surface area contributed by atoms with Crippen LogP contribution in [0.25, 0.3) is 0 Å². The van der Waals surface area contributed by atoms with Gasteiger partial charge in [-0.1, -0.05) is 19.9 Å². The van der Waals surface area contributed by atoms with Crippen molar-refractivity contribution in [1.29, 1.82) is 0 Å². The van der Waals surface area contributed by atoms with E-state index in [1.54, 1.807) is 22.5 Å². The van der Waals surface area contributed by atoms with Gasteiger partial charge in [0.15, 0.2) is 17.3 Å². The highest BCUT2D eigenvalue weighted by molar-refractivity contribution is 7.99. The van der Waals surface area contributed by atoms with Crippen LogP contribution >= 0.6 is 11.8 Å². The predicted molar refractivity (Wildman–Crippen MR) is 94.3 cm³/mol. The fourth-order valence-electron chi connectivity index (χ4n) is 2.44. The number of nitrogens with zero attached hydrogens (tertiary/aromatic N) is 2. The van der Waals surface area contributed by atoms with E-state index in [-0.39, 0.29) is 11.2 Å². The van der Waals surface area contributed by atoms with E-state index in [4.69, 9.17) is 4.74 Å². The summed E-state index contributed by atoms with van der Waals surface area (Å²) in [6, 6.07) is 5.93. The highest BCUT2D eigenvalue weighted by Crippen LogP contribution is 2.45. The largest absolute Gasteiger partial charge is 0.450 e. The van der Waals surface area contributed by atoms with E-state index in [1.165, 1.54) is 0 Å². The van der Waals surface area contributed by atoms with Crippen LogP contribution < -0.4 is 15.7 Å². The smallest absolute Gasteiger partial charge is 0.350 e. The van der Waals surface area contributed by atoms with Gasteiger partial charge in [-0.25, -0.2) is 4.79 Å². The molecule has 5 nitrogen and oxygen atoms in total. The van der Waals surface area contributed by atoms with Crippen molar-refractivity contribution in [2.45, 2.75) is 44.6 Å². The first kappa shape index (κ1) is 15.9. The second kappa shape index (κ2) is 5.92. The zero-order valence-electron chi connectivity index (χ0n) is 13.8. The van der Waals surface area contributed by atoms with Crippen molar-refractivity contribution in [3.8, 4) is 11.5 Å². The Morgan fingerprint density at radius 2 is 2.09 bits per heavy atom. The summed E-state index contributed by atoms with van der Waals surface area (Å²) in [5, 5.41) is 3.26. The Morgan fingerprint density at radius 3 is 2.78 bits per heavy atom. The van der Waals surface area contributed by atoms with Crippen LogP contribution in [-0.4, -0.2) is 15.3 Å². The maximum atomic E-state index is 12.4. The summed E-state index contributed by atoms with van der Waals surface area (Å²) in [5.74, 6) is 2.79. The first-order valence-electron chi connectivity index (χ1n) is 7.81. The topological polar surface area (TPSA) is 56.2 Å². The normalized spacial score (nSPS) is 12.9. The van der Waals surface area contributed by atoms with Crippen molar-refractivity contribution >= 4 is 23.3 Å². The van der Waals surface area contributed by atoms with Crippen LogP contribution in [-0.2, 0) is 5.54 Å². The van der Waals surface area contributed by atoms with E-state index in [0.29, 0.717) is 11.6 Å². The summed E-state index contributed by atoms with van der Waals surface area (Å²) in [7, 11) is 0. The number of rotatable bonds is 4. The van der Waals surface area contributed by atoms with Gasteiger partial charge in [-0.2, -0.15) is 4.98 Å². The number of fused-ring (bicyclic) bond motifs is 2. The summed E-state index contributed by atoms with van der Waals surface area (Å²) >= 11 is 1.73. The number of thioether (sulfide) groups is 1. The number of aromatic nitrogens is 2. The lowest BCUT2D eigenvalue weighted by atomic mass is 10.0. The third kappa shape index (κ3) is 2.83. The van der Waals surface area contributed by atoms with E-state index < -0.39 is 0 Å². The van der Waals surface area contributed by atoms with Crippen molar-refractivity contribution in [1.82, 2.24) is 9.55 Å². The van der Waals surface area contributed by atoms with Crippen LogP contribution in [0.15, 0.2) is 34.1 Å². The van der Waals surface area contributed by atoms with Gasteiger partial charge in [-0.3, -0.25) is 4.57 Å². The Balaban J connectivity index is 2.06. The first-order valence-corrected chi connectivity index (χ1v) is 8.79. The molecule has 0 spiro atoms. The molecule has 1 aliphatic rings. The maximum Gasteiger partial charge on any atom is 0.350 e. The molecule has 2 heterocycles. The van der Waals surface area contributed by atoms with E-state index in [1.807, 2.05) is 32.0 Å². The molecule has 0 bridgehead atoms. The van der Waals surface area contributed by atoms with Crippen LogP contribution in [0.1, 0.15) is 34.1 Å². The van der Waals surface area contributed by atoms with Gasteiger partial charge >= 0.3 is 5.69 Å². The average Bonchev–Trinajstić information content (AvgIpc) is 2.53. The van der Waals surface area contributed by atoms with Crippen molar-refractivity contribution in [2.24, 2.45) is 0 Å². The molecule has 23 heavy (non-hydrogen) atoms. The summed E-state index contributed by atoms with van der Waals surface area (Å²) < 4.78 is 7.64. The zero-order valence-corrected chi connectivity index (χ0v) is 14.7. The van der Waals surface area contributed by atoms with Gasteiger partial charge in [0.2, 0.25) is 0 Å². The Morgan fingerprint density at radius 1 is 1.30 bits per heavy atom. The summed E-state index contributed by atoms with van der Waals surface area (Å²) in [4.78, 5) is 17.7. The molecule has 0 saturated carbocycles. The van der Waals surface area contributed by atoms with Crippen LogP contribution in [0, 0.1) is 0 Å². The Bertz CT molecular complexity index is 799. The third-order valence-corrected chi connectivity index (χ3v) is 5.10. The number of hydrogen-bond acceptors (Lipinski definition) is 5. The molecule has 0 atom stereocenters. The van der Waals surface area contributed by atoms with E-state index in [0.717, 1.165) is 28.5 Å². The molecule has 0 saturated heterocycles. The van der Waals surface area contributed by atoms with Crippen LogP contribution in [0.2, 0.25) is 0 Å². The van der Waals surface area contributed by atoms with Crippen molar-refractivity contribution in [3.63, 3.8) is 0 Å². The van der Waals surface area contributed by atoms with Gasteiger partial charge in [0.25, 0.3) is 0 Å². The highest BCUT2D eigenvalue weighted by Gasteiger charge is 2.26. The van der Waals surface area contributed by atoms with Crippen LogP contribution in [0.4, 0.5) is 11.5 Å². The number of anilines is 2. The van der Waals surface area contributed by atoms with Gasteiger partial charge < -0.3 is 10.1 Å². The minimum Gasteiger partial charge on any atom is -0.450 e. The Labute approximate surface area is 140 Å². The number of nitrogens with one attached hydrogen (secondary N) is 1. The van der Waals surface area contributed by atoms with Gasteiger partial charge in [0, 0.05) is 10.4 Å². The lowest BCUT2D eigenvalue weighted by molar-refractivity contribution is 0.320. The maximum absolute atomic E-state index is 12.4. The van der Waals surface area contributed by atoms with E-state index >= 15 is 0 Å². The molecule has 1 aromatic heterocycles. The minimum absolute atomic E-state index is 0.268. The molecule has 1 aromatic carbocycles. The predicted octanol–water partition coefficient (Wildman–Crippen LogP) is 4.35. The standard InChI is InChI=1S/C17H21N3O2S/c1-5-17(3,4)20-10-12-15(19-16(20)21)18-14-11(22-12)8-7-9-13(14)23-6-2/h7-10H,5-6H2,1-4H3,(H,18,19,21). The fraction of sp³-hybridized carbons (Fsp3) is 0.412. The van der Waals surface area contributed by atoms with Crippen LogP contribution in [0.3, 0.4) is 0 Å². The molecule has 0 amide bonds. The molecule has 6 heteroatoms. The van der Waals surface area contributed by atoms with Gasteiger partial charge in [-0.05, 0) is 38.2 Å². The average molecular weight is 331 g/mol. The molecule has 0 fully saturated rings. The highest BCUT2D eigenvalue weighted by atomic mass is 32.2. The first-order chi connectivity index (χ1) is 11.0. The molecule has 1 aliphatic heterocycles. The number of benzene rings is 1. The third-order valence-electron chi connectivity index (χ3n) is 4.16. The molecule has 0 aliphatic carbocycles. The molecule has 2 aromatic rings. The summed E-state index contributed by atoms with van der Waals surface area (Å²) in [5.41, 5.74) is 0.310. The zero-order chi connectivity index (χ0) is 16.6. The lowest BCUT2D eigenvalue weighted by Gasteiger charge is -2.28. The minimum atomic E-state index is -0.303. The van der Waals surface area contributed by atoms with Gasteiger partial charge in [-0.15, -0.1) is 11.8 Å². The Kier molecular flexibility index (Phi) is 4.10. The number of para-hydroxylation sites is 1. The van der Waals surface area contributed by atoms with Gasteiger partial charge in [0.05, 0.1) is 11.9 Å². The molecular weight excluding hydrogens is 310 g/mol.